The highest BCUT2D eigenvalue weighted by Gasteiger charge is 2.58. The number of amides is 1. The Kier molecular flexibility index (Phi) is 2.41. The third-order valence-corrected chi connectivity index (χ3v) is 2.86. The maximum atomic E-state index is 11.9. The first kappa shape index (κ1) is 10.7. The number of aromatic amines is 1. The molecule has 1 fully saturated rings. The number of hydrogen-bond donors (Lipinski definition) is 2. The summed E-state index contributed by atoms with van der Waals surface area (Å²) in [4.78, 5) is 31.1. The van der Waals surface area contributed by atoms with Crippen molar-refractivity contribution in [2.45, 2.75) is 19.4 Å². The lowest BCUT2D eigenvalue weighted by Gasteiger charge is -2.19. The molecule has 0 aromatic carbocycles. The number of aromatic nitrogens is 2. The Morgan fingerprint density at radius 1 is 1.62 bits per heavy atom. The number of nitrogens with one attached hydrogen (secondary N) is 1. The Morgan fingerprint density at radius 3 is 2.75 bits per heavy atom. The van der Waals surface area contributed by atoms with Gasteiger partial charge in [0, 0.05) is 19.4 Å². The monoisotopic (exact) mass is 223 g/mol. The van der Waals surface area contributed by atoms with E-state index in [-0.39, 0.29) is 5.91 Å². The summed E-state index contributed by atoms with van der Waals surface area (Å²) >= 11 is 0. The molecule has 0 spiro atoms. The second-order valence-electron chi connectivity index (χ2n) is 4.08. The zero-order chi connectivity index (χ0) is 11.8. The van der Waals surface area contributed by atoms with Gasteiger partial charge in [-0.1, -0.05) is 0 Å². The Bertz CT molecular complexity index is 409. The molecule has 1 aromatic heterocycles. The number of hydrogen-bond acceptors (Lipinski definition) is 3. The molecule has 1 saturated carbocycles. The highest BCUT2D eigenvalue weighted by molar-refractivity contribution is 6.04. The first-order valence-electron chi connectivity index (χ1n) is 5.03. The summed E-state index contributed by atoms with van der Waals surface area (Å²) in [5, 5.41) is 8.98. The Morgan fingerprint density at radius 2 is 2.31 bits per heavy atom. The number of H-pyrrole nitrogens is 1. The number of imidazole rings is 1. The van der Waals surface area contributed by atoms with Crippen molar-refractivity contribution < 1.29 is 14.7 Å². The van der Waals surface area contributed by atoms with Gasteiger partial charge in [0.2, 0.25) is 5.91 Å². The average molecular weight is 223 g/mol. The van der Waals surface area contributed by atoms with Crippen molar-refractivity contribution in [3.63, 3.8) is 0 Å². The molecule has 0 unspecified atom stereocenters. The van der Waals surface area contributed by atoms with Gasteiger partial charge in [-0.05, 0) is 12.8 Å². The summed E-state index contributed by atoms with van der Waals surface area (Å²) in [6, 6.07) is 0. The summed E-state index contributed by atoms with van der Waals surface area (Å²) in [5.41, 5.74) is -1.17. The van der Waals surface area contributed by atoms with E-state index >= 15 is 0 Å². The third kappa shape index (κ3) is 1.66. The van der Waals surface area contributed by atoms with Gasteiger partial charge in [-0.2, -0.15) is 0 Å². The van der Waals surface area contributed by atoms with Gasteiger partial charge in [-0.3, -0.25) is 9.59 Å². The van der Waals surface area contributed by atoms with Crippen LogP contribution in [0.15, 0.2) is 12.4 Å². The van der Waals surface area contributed by atoms with E-state index in [9.17, 15) is 9.59 Å². The Balaban J connectivity index is 2.03. The highest BCUT2D eigenvalue weighted by Crippen LogP contribution is 2.47. The van der Waals surface area contributed by atoms with Crippen LogP contribution in [0.25, 0.3) is 0 Å². The molecule has 1 aliphatic rings. The first-order chi connectivity index (χ1) is 7.56. The van der Waals surface area contributed by atoms with Crippen molar-refractivity contribution in [3.8, 4) is 0 Å². The van der Waals surface area contributed by atoms with Crippen LogP contribution in [-0.4, -0.2) is 38.9 Å². The number of nitrogens with zero attached hydrogens (tertiary/aromatic N) is 2. The van der Waals surface area contributed by atoms with Crippen LogP contribution >= 0.6 is 0 Å². The Labute approximate surface area is 92.3 Å². The van der Waals surface area contributed by atoms with E-state index in [1.165, 1.54) is 4.90 Å². The minimum atomic E-state index is -1.17. The molecule has 1 heterocycles. The first-order valence-corrected chi connectivity index (χ1v) is 5.03. The van der Waals surface area contributed by atoms with Crippen molar-refractivity contribution in [1.29, 1.82) is 0 Å². The number of aliphatic carboxylic acids is 1. The molecule has 1 aromatic rings. The Hall–Kier alpha value is -1.85. The van der Waals surface area contributed by atoms with E-state index < -0.39 is 11.4 Å². The number of carboxylic acid groups (broad SMARTS) is 1. The lowest BCUT2D eigenvalue weighted by Crippen LogP contribution is -2.38. The van der Waals surface area contributed by atoms with E-state index in [1.54, 1.807) is 19.4 Å². The summed E-state index contributed by atoms with van der Waals surface area (Å²) in [6.07, 6.45) is 4.13. The second-order valence-corrected chi connectivity index (χ2v) is 4.08. The van der Waals surface area contributed by atoms with Gasteiger partial charge >= 0.3 is 5.97 Å². The quantitative estimate of drug-likeness (QED) is 0.715. The molecule has 0 aliphatic heterocycles. The second kappa shape index (κ2) is 3.62. The fourth-order valence-corrected chi connectivity index (χ4v) is 1.69. The molecular formula is C10H13N3O3. The van der Waals surface area contributed by atoms with E-state index in [0.717, 1.165) is 0 Å². The van der Waals surface area contributed by atoms with E-state index in [4.69, 9.17) is 5.11 Å². The standard InChI is InChI=1S/C10H13N3O3/c1-13(6-7-11-4-5-12-7)8(14)10(2-3-10)9(15)16/h4-5H,2-3,6H2,1H3,(H,11,12)(H,15,16). The molecule has 0 atom stereocenters. The molecule has 6 heteroatoms. The molecule has 1 amide bonds. The molecule has 0 saturated heterocycles. The van der Waals surface area contributed by atoms with E-state index in [2.05, 4.69) is 9.97 Å². The van der Waals surface area contributed by atoms with Crippen molar-refractivity contribution in [2.75, 3.05) is 7.05 Å². The number of carboxylic acids is 1. The number of carbonyl (C=O) groups excluding carboxylic acids is 1. The highest BCUT2D eigenvalue weighted by atomic mass is 16.4. The van der Waals surface area contributed by atoms with Crippen molar-refractivity contribution >= 4 is 11.9 Å². The van der Waals surface area contributed by atoms with Crippen molar-refractivity contribution in [1.82, 2.24) is 14.9 Å². The van der Waals surface area contributed by atoms with Gasteiger partial charge < -0.3 is 15.0 Å². The fraction of sp³-hybridized carbons (Fsp3) is 0.500. The summed E-state index contributed by atoms with van der Waals surface area (Å²) in [7, 11) is 1.59. The minimum Gasteiger partial charge on any atom is -0.480 e. The lowest BCUT2D eigenvalue weighted by atomic mass is 10.1. The molecule has 16 heavy (non-hydrogen) atoms. The van der Waals surface area contributed by atoms with E-state index in [1.807, 2.05) is 0 Å². The van der Waals surface area contributed by atoms with Crippen LogP contribution in [-0.2, 0) is 16.1 Å². The van der Waals surface area contributed by atoms with Gasteiger partial charge in [0.1, 0.15) is 11.2 Å². The largest absolute Gasteiger partial charge is 0.480 e. The van der Waals surface area contributed by atoms with Crippen molar-refractivity contribution in [3.05, 3.63) is 18.2 Å². The van der Waals surface area contributed by atoms with Crippen LogP contribution in [0.3, 0.4) is 0 Å². The molecule has 0 bridgehead atoms. The maximum absolute atomic E-state index is 11.9. The molecule has 1 aliphatic carbocycles. The fourth-order valence-electron chi connectivity index (χ4n) is 1.69. The van der Waals surface area contributed by atoms with Gasteiger partial charge in [0.25, 0.3) is 0 Å². The van der Waals surface area contributed by atoms with Crippen LogP contribution in [0.2, 0.25) is 0 Å². The smallest absolute Gasteiger partial charge is 0.319 e. The molecule has 2 N–H and O–H groups in total. The normalized spacial score (nSPS) is 16.8. The zero-order valence-corrected chi connectivity index (χ0v) is 8.93. The van der Waals surface area contributed by atoms with Crippen molar-refractivity contribution in [2.24, 2.45) is 5.41 Å². The lowest BCUT2D eigenvalue weighted by molar-refractivity contribution is -0.153. The van der Waals surface area contributed by atoms with Crippen LogP contribution < -0.4 is 0 Å². The molecule has 6 nitrogen and oxygen atoms in total. The van der Waals surface area contributed by atoms with Crippen LogP contribution in [0.4, 0.5) is 0 Å². The average Bonchev–Trinajstić information content (AvgIpc) is 2.91. The third-order valence-electron chi connectivity index (χ3n) is 2.86. The number of rotatable bonds is 4. The van der Waals surface area contributed by atoms with Crippen LogP contribution in [0, 0.1) is 5.41 Å². The molecule has 2 rings (SSSR count). The van der Waals surface area contributed by atoms with Gasteiger partial charge in [0.05, 0.1) is 6.54 Å². The maximum Gasteiger partial charge on any atom is 0.319 e. The summed E-state index contributed by atoms with van der Waals surface area (Å²) in [5.74, 6) is -0.711. The number of carbonyl (C=O) groups is 2. The van der Waals surface area contributed by atoms with Gasteiger partial charge in [-0.15, -0.1) is 0 Å². The topological polar surface area (TPSA) is 86.3 Å². The SMILES string of the molecule is CN(Cc1ncc[nH]1)C(=O)C1(C(=O)O)CC1. The van der Waals surface area contributed by atoms with Crippen LogP contribution in [0.1, 0.15) is 18.7 Å². The van der Waals surface area contributed by atoms with Gasteiger partial charge in [-0.25, -0.2) is 4.98 Å². The van der Waals surface area contributed by atoms with Gasteiger partial charge in [0.15, 0.2) is 0 Å². The summed E-state index contributed by atoms with van der Waals surface area (Å²) in [6.45, 7) is 0.306. The zero-order valence-electron chi connectivity index (χ0n) is 8.93. The summed E-state index contributed by atoms with van der Waals surface area (Å²) < 4.78 is 0. The van der Waals surface area contributed by atoms with E-state index in [0.29, 0.717) is 25.2 Å². The predicted molar refractivity (Wildman–Crippen MR) is 54.4 cm³/mol. The minimum absolute atomic E-state index is 0.306. The van der Waals surface area contributed by atoms with Crippen LogP contribution in [0.5, 0.6) is 0 Å². The molecule has 0 radical (unpaired) electrons. The molecular weight excluding hydrogens is 210 g/mol. The molecule has 86 valence electrons. The predicted octanol–water partition coefficient (Wildman–Crippen LogP) is 0.233.